The van der Waals surface area contributed by atoms with Crippen molar-refractivity contribution < 1.29 is 9.53 Å². The van der Waals surface area contributed by atoms with Gasteiger partial charge < -0.3 is 15.4 Å². The number of carbonyl (C=O) groups excluding carboxylic acids is 1. The van der Waals surface area contributed by atoms with Crippen molar-refractivity contribution in [3.63, 3.8) is 0 Å². The van der Waals surface area contributed by atoms with Gasteiger partial charge in [-0.15, -0.1) is 0 Å². The molecule has 0 aromatic rings. The molecule has 4 heteroatoms. The minimum Gasteiger partial charge on any atom is -0.379 e. The Bertz CT molecular complexity index is 282. The van der Waals surface area contributed by atoms with E-state index in [0.717, 1.165) is 25.9 Å². The van der Waals surface area contributed by atoms with Crippen LogP contribution in [-0.2, 0) is 9.53 Å². The molecule has 16 heavy (non-hydrogen) atoms. The number of rotatable bonds is 2. The Hall–Kier alpha value is -0.610. The number of ether oxygens (including phenoxy) is 1. The van der Waals surface area contributed by atoms with Crippen molar-refractivity contribution in [2.24, 2.45) is 17.1 Å². The Morgan fingerprint density at radius 1 is 1.62 bits per heavy atom. The number of carbonyl (C=O) groups is 1. The molecule has 0 aromatic heterocycles. The Kier molecular flexibility index (Phi) is 3.22. The number of amides is 1. The van der Waals surface area contributed by atoms with Gasteiger partial charge in [-0.2, -0.15) is 0 Å². The predicted octanol–water partition coefficient (Wildman–Crippen LogP) is 0.609. The van der Waals surface area contributed by atoms with Crippen molar-refractivity contribution in [2.75, 3.05) is 26.3 Å². The summed E-state index contributed by atoms with van der Waals surface area (Å²) < 4.78 is 5.33. The number of nitrogens with zero attached hydrogens (tertiary/aromatic N) is 1. The number of likely N-dealkylation sites (tertiary alicyclic amines) is 1. The lowest BCUT2D eigenvalue weighted by Gasteiger charge is -2.30. The van der Waals surface area contributed by atoms with Gasteiger partial charge in [0, 0.05) is 19.1 Å². The maximum Gasteiger partial charge on any atom is 0.232 e. The highest BCUT2D eigenvalue weighted by Gasteiger charge is 2.47. The summed E-state index contributed by atoms with van der Waals surface area (Å²) in [5.74, 6) is 0.861. The predicted molar refractivity (Wildman–Crippen MR) is 61.9 cm³/mol. The van der Waals surface area contributed by atoms with Gasteiger partial charge in [0.25, 0.3) is 0 Å². The minimum absolute atomic E-state index is 0.152. The molecule has 0 saturated carbocycles. The van der Waals surface area contributed by atoms with Crippen LogP contribution in [0.1, 0.15) is 26.7 Å². The number of hydrogen-bond acceptors (Lipinski definition) is 3. The van der Waals surface area contributed by atoms with Crippen LogP contribution in [0.5, 0.6) is 0 Å². The molecule has 2 N–H and O–H groups in total. The molecule has 2 fully saturated rings. The van der Waals surface area contributed by atoms with Crippen molar-refractivity contribution in [3.8, 4) is 0 Å². The second-order valence-corrected chi connectivity index (χ2v) is 5.35. The van der Waals surface area contributed by atoms with Crippen LogP contribution in [0.25, 0.3) is 0 Å². The van der Waals surface area contributed by atoms with Gasteiger partial charge in [0.15, 0.2) is 0 Å². The van der Waals surface area contributed by atoms with Crippen LogP contribution < -0.4 is 5.73 Å². The van der Waals surface area contributed by atoms with E-state index in [1.54, 1.807) is 0 Å². The highest BCUT2D eigenvalue weighted by molar-refractivity contribution is 5.84. The molecule has 0 aromatic carbocycles. The number of nitrogens with two attached hydrogens (primary N) is 1. The summed E-state index contributed by atoms with van der Waals surface area (Å²) in [5.41, 5.74) is 5.48. The first-order valence-electron chi connectivity index (χ1n) is 6.20. The zero-order valence-corrected chi connectivity index (χ0v) is 10.2. The second-order valence-electron chi connectivity index (χ2n) is 5.35. The molecule has 4 nitrogen and oxygen atoms in total. The van der Waals surface area contributed by atoms with Gasteiger partial charge in [-0.05, 0) is 19.3 Å². The average molecular weight is 226 g/mol. The van der Waals surface area contributed by atoms with Crippen LogP contribution in [0.3, 0.4) is 0 Å². The highest BCUT2D eigenvalue weighted by atomic mass is 16.5. The van der Waals surface area contributed by atoms with Crippen LogP contribution in [0.15, 0.2) is 0 Å². The molecule has 0 spiro atoms. The summed E-state index contributed by atoms with van der Waals surface area (Å²) in [4.78, 5) is 14.4. The zero-order chi connectivity index (χ0) is 11.8. The van der Waals surface area contributed by atoms with Gasteiger partial charge in [-0.3, -0.25) is 4.79 Å². The van der Waals surface area contributed by atoms with E-state index in [2.05, 4.69) is 6.92 Å². The fraction of sp³-hybridized carbons (Fsp3) is 0.917. The Morgan fingerprint density at radius 3 is 2.88 bits per heavy atom. The molecule has 2 aliphatic rings. The lowest BCUT2D eigenvalue weighted by atomic mass is 9.84. The molecular weight excluding hydrogens is 204 g/mol. The van der Waals surface area contributed by atoms with Crippen molar-refractivity contribution >= 4 is 5.91 Å². The molecule has 92 valence electrons. The summed E-state index contributed by atoms with van der Waals surface area (Å²) in [6.07, 6.45) is 2.29. The number of hydrogen-bond donors (Lipinski definition) is 1. The van der Waals surface area contributed by atoms with Crippen LogP contribution in [0.2, 0.25) is 0 Å². The Morgan fingerprint density at radius 2 is 2.38 bits per heavy atom. The summed E-state index contributed by atoms with van der Waals surface area (Å²) in [6, 6.07) is -0.152. The van der Waals surface area contributed by atoms with E-state index in [0.29, 0.717) is 19.1 Å². The van der Waals surface area contributed by atoms with E-state index < -0.39 is 5.41 Å². The molecule has 3 unspecified atom stereocenters. The van der Waals surface area contributed by atoms with E-state index >= 15 is 0 Å². The van der Waals surface area contributed by atoms with Crippen molar-refractivity contribution in [3.05, 3.63) is 0 Å². The molecule has 0 bridgehead atoms. The second kappa shape index (κ2) is 4.34. The van der Waals surface area contributed by atoms with E-state index in [-0.39, 0.29) is 11.9 Å². The summed E-state index contributed by atoms with van der Waals surface area (Å²) >= 11 is 0. The van der Waals surface area contributed by atoms with Gasteiger partial charge in [0.05, 0.1) is 18.6 Å². The van der Waals surface area contributed by atoms with E-state index in [9.17, 15) is 4.79 Å². The minimum atomic E-state index is -0.497. The van der Waals surface area contributed by atoms with Crippen LogP contribution in [-0.4, -0.2) is 43.2 Å². The van der Waals surface area contributed by atoms with E-state index in [4.69, 9.17) is 10.5 Å². The largest absolute Gasteiger partial charge is 0.379 e. The molecule has 2 heterocycles. The summed E-state index contributed by atoms with van der Waals surface area (Å²) in [5, 5.41) is 0. The maximum absolute atomic E-state index is 12.4. The molecular formula is C12H22N2O2. The van der Waals surface area contributed by atoms with Crippen molar-refractivity contribution in [1.82, 2.24) is 4.90 Å². The van der Waals surface area contributed by atoms with Gasteiger partial charge in [-0.1, -0.05) is 13.3 Å². The molecule has 2 saturated heterocycles. The first-order chi connectivity index (χ1) is 7.58. The maximum atomic E-state index is 12.4. The Labute approximate surface area is 97.1 Å². The lowest BCUT2D eigenvalue weighted by Crippen LogP contribution is -2.50. The molecule has 1 amide bonds. The van der Waals surface area contributed by atoms with E-state index in [1.165, 1.54) is 0 Å². The highest BCUT2D eigenvalue weighted by Crippen LogP contribution is 2.32. The molecule has 2 rings (SSSR count). The quantitative estimate of drug-likeness (QED) is 0.750. The normalized spacial score (nSPS) is 39.3. The monoisotopic (exact) mass is 226 g/mol. The SMILES string of the molecule is CCC1CCN(C(=O)C2(C)COCC2N)C1. The fourth-order valence-electron chi connectivity index (χ4n) is 2.62. The van der Waals surface area contributed by atoms with Gasteiger partial charge >= 0.3 is 0 Å². The van der Waals surface area contributed by atoms with Crippen LogP contribution >= 0.6 is 0 Å². The van der Waals surface area contributed by atoms with Gasteiger partial charge in [0.1, 0.15) is 0 Å². The van der Waals surface area contributed by atoms with E-state index in [1.807, 2.05) is 11.8 Å². The summed E-state index contributed by atoms with van der Waals surface area (Å²) in [6.45, 7) is 6.89. The fourth-order valence-corrected chi connectivity index (χ4v) is 2.62. The topological polar surface area (TPSA) is 55.6 Å². The van der Waals surface area contributed by atoms with Gasteiger partial charge in [-0.25, -0.2) is 0 Å². The average Bonchev–Trinajstić information content (AvgIpc) is 2.86. The lowest BCUT2D eigenvalue weighted by molar-refractivity contribution is -0.140. The summed E-state index contributed by atoms with van der Waals surface area (Å²) in [7, 11) is 0. The molecule has 3 atom stereocenters. The standard InChI is InChI=1S/C12H22N2O2/c1-3-9-4-5-14(6-9)11(15)12(2)8-16-7-10(12)13/h9-10H,3-8,13H2,1-2H3. The molecule has 2 aliphatic heterocycles. The molecule has 0 aliphatic carbocycles. The zero-order valence-electron chi connectivity index (χ0n) is 10.2. The first kappa shape index (κ1) is 11.9. The smallest absolute Gasteiger partial charge is 0.232 e. The first-order valence-corrected chi connectivity index (χ1v) is 6.20. The van der Waals surface area contributed by atoms with Gasteiger partial charge in [0.2, 0.25) is 5.91 Å². The van der Waals surface area contributed by atoms with Crippen molar-refractivity contribution in [1.29, 1.82) is 0 Å². The van der Waals surface area contributed by atoms with Crippen LogP contribution in [0, 0.1) is 11.3 Å². The third-order valence-electron chi connectivity index (χ3n) is 4.16. The third-order valence-corrected chi connectivity index (χ3v) is 4.16. The van der Waals surface area contributed by atoms with Crippen molar-refractivity contribution in [2.45, 2.75) is 32.7 Å². The Balaban J connectivity index is 2.02. The molecule has 0 radical (unpaired) electrons. The van der Waals surface area contributed by atoms with Crippen LogP contribution in [0.4, 0.5) is 0 Å². The third kappa shape index (κ3) is 1.84.